The number of rotatable bonds is 8. The van der Waals surface area contributed by atoms with Gasteiger partial charge in [-0.25, -0.2) is 22.5 Å². The maximum Gasteiger partial charge on any atom is 0.254 e. The summed E-state index contributed by atoms with van der Waals surface area (Å²) in [6, 6.07) is 6.42. The first-order chi connectivity index (χ1) is 13.6. The molecular formula is C19H21FN4O4S. The van der Waals surface area contributed by atoms with Gasteiger partial charge in [-0.1, -0.05) is 6.08 Å². The van der Waals surface area contributed by atoms with E-state index in [0.717, 1.165) is 28.7 Å². The number of amides is 2. The van der Waals surface area contributed by atoms with Crippen molar-refractivity contribution < 1.29 is 22.4 Å². The van der Waals surface area contributed by atoms with E-state index in [0.29, 0.717) is 5.82 Å². The van der Waals surface area contributed by atoms with Gasteiger partial charge in [-0.2, -0.15) is 0 Å². The van der Waals surface area contributed by atoms with Gasteiger partial charge in [0.2, 0.25) is 15.9 Å². The van der Waals surface area contributed by atoms with Crippen LogP contribution in [0.1, 0.15) is 15.9 Å². The maximum atomic E-state index is 14.0. The zero-order valence-electron chi connectivity index (χ0n) is 16.0. The molecule has 0 aliphatic heterocycles. The van der Waals surface area contributed by atoms with Gasteiger partial charge in [0, 0.05) is 25.4 Å². The van der Waals surface area contributed by atoms with Crippen LogP contribution in [0.15, 0.2) is 54.1 Å². The molecule has 0 saturated carbocycles. The minimum absolute atomic E-state index is 0.0747. The molecule has 1 heterocycles. The average Bonchev–Trinajstić information content (AvgIpc) is 2.66. The van der Waals surface area contributed by atoms with E-state index in [1.165, 1.54) is 13.1 Å². The van der Waals surface area contributed by atoms with Crippen LogP contribution in [-0.2, 0) is 14.8 Å². The molecule has 0 saturated heterocycles. The van der Waals surface area contributed by atoms with Crippen molar-refractivity contribution in [1.29, 1.82) is 0 Å². The van der Waals surface area contributed by atoms with Crippen molar-refractivity contribution in [1.82, 2.24) is 14.6 Å². The number of sulfonamides is 1. The van der Waals surface area contributed by atoms with Gasteiger partial charge in [-0.15, -0.1) is 6.58 Å². The van der Waals surface area contributed by atoms with Crippen LogP contribution >= 0.6 is 0 Å². The highest BCUT2D eigenvalue weighted by Gasteiger charge is 2.22. The topological polar surface area (TPSA) is 108 Å². The van der Waals surface area contributed by atoms with Crippen molar-refractivity contribution in [2.45, 2.75) is 11.8 Å². The van der Waals surface area contributed by atoms with Crippen molar-refractivity contribution in [3.8, 4) is 0 Å². The second-order valence-electron chi connectivity index (χ2n) is 6.21. The van der Waals surface area contributed by atoms with Crippen LogP contribution in [0.5, 0.6) is 0 Å². The van der Waals surface area contributed by atoms with Crippen molar-refractivity contribution in [2.75, 3.05) is 25.5 Å². The lowest BCUT2D eigenvalue weighted by Crippen LogP contribution is -2.35. The number of hydrogen-bond acceptors (Lipinski definition) is 5. The molecule has 0 spiro atoms. The Hall–Kier alpha value is -3.11. The minimum Gasteiger partial charge on any atom is -0.332 e. The number of hydrogen-bond donors (Lipinski definition) is 2. The van der Waals surface area contributed by atoms with Crippen LogP contribution in [0.25, 0.3) is 0 Å². The average molecular weight is 420 g/mol. The van der Waals surface area contributed by atoms with Crippen molar-refractivity contribution in [2.24, 2.45) is 0 Å². The van der Waals surface area contributed by atoms with Gasteiger partial charge in [-0.05, 0) is 42.8 Å². The Morgan fingerprint density at radius 2 is 2.00 bits per heavy atom. The van der Waals surface area contributed by atoms with E-state index >= 15 is 0 Å². The van der Waals surface area contributed by atoms with Gasteiger partial charge in [0.05, 0.1) is 6.54 Å². The number of carbonyl (C=O) groups is 2. The molecule has 0 aliphatic rings. The van der Waals surface area contributed by atoms with E-state index in [1.54, 1.807) is 18.3 Å². The Kier molecular flexibility index (Phi) is 7.18. The molecule has 10 heteroatoms. The van der Waals surface area contributed by atoms with Gasteiger partial charge < -0.3 is 10.2 Å². The molecule has 0 radical (unpaired) electrons. The Morgan fingerprint density at radius 3 is 2.66 bits per heavy atom. The van der Waals surface area contributed by atoms with Crippen molar-refractivity contribution in [3.63, 3.8) is 0 Å². The predicted molar refractivity (Wildman–Crippen MR) is 106 cm³/mol. The summed E-state index contributed by atoms with van der Waals surface area (Å²) >= 11 is 0. The number of aryl methyl sites for hydroxylation is 1. The first-order valence-corrected chi connectivity index (χ1v) is 10.0. The third-order valence-corrected chi connectivity index (χ3v) is 5.23. The molecule has 0 atom stereocenters. The molecule has 0 fully saturated rings. The predicted octanol–water partition coefficient (Wildman–Crippen LogP) is 1.70. The standard InChI is InChI=1S/C19H21FN4O4S/c1-4-8-22-29(27,28)16-11-14(5-6-15(16)20)19(26)24(3)12-18(25)23-17-10-13(2)7-9-21-17/h4-7,9-11,22H,1,8,12H2,2-3H3,(H,21,23,25). The van der Waals surface area contributed by atoms with Crippen LogP contribution in [0.3, 0.4) is 0 Å². The lowest BCUT2D eigenvalue weighted by atomic mass is 10.2. The normalized spacial score (nSPS) is 11.0. The molecule has 2 rings (SSSR count). The summed E-state index contributed by atoms with van der Waals surface area (Å²) in [5.41, 5.74) is 0.833. The summed E-state index contributed by atoms with van der Waals surface area (Å²) < 4.78 is 40.5. The number of carbonyl (C=O) groups excluding carboxylic acids is 2. The van der Waals surface area contributed by atoms with Crippen LogP contribution in [0, 0.1) is 12.7 Å². The zero-order chi connectivity index (χ0) is 21.6. The fourth-order valence-corrected chi connectivity index (χ4v) is 3.48. The molecular weight excluding hydrogens is 399 g/mol. The zero-order valence-corrected chi connectivity index (χ0v) is 16.8. The minimum atomic E-state index is -4.16. The first-order valence-electron chi connectivity index (χ1n) is 8.52. The van der Waals surface area contributed by atoms with E-state index in [9.17, 15) is 22.4 Å². The van der Waals surface area contributed by atoms with Gasteiger partial charge in [-0.3, -0.25) is 9.59 Å². The molecule has 154 valence electrons. The highest BCUT2D eigenvalue weighted by Crippen LogP contribution is 2.17. The molecule has 0 unspecified atom stereocenters. The van der Waals surface area contributed by atoms with Crippen LogP contribution in [-0.4, -0.2) is 50.3 Å². The number of nitrogens with zero attached hydrogens (tertiary/aromatic N) is 2. The number of anilines is 1. The summed E-state index contributed by atoms with van der Waals surface area (Å²) in [4.78, 5) is 29.1. The van der Waals surface area contributed by atoms with Gasteiger partial charge in [0.15, 0.2) is 0 Å². The lowest BCUT2D eigenvalue weighted by molar-refractivity contribution is -0.116. The number of nitrogens with one attached hydrogen (secondary N) is 2. The molecule has 29 heavy (non-hydrogen) atoms. The van der Waals surface area contributed by atoms with Crippen molar-refractivity contribution in [3.05, 3.63) is 66.1 Å². The third kappa shape index (κ3) is 5.93. The second kappa shape index (κ2) is 9.39. The quantitative estimate of drug-likeness (QED) is 0.632. The molecule has 0 bridgehead atoms. The molecule has 2 N–H and O–H groups in total. The Bertz CT molecular complexity index is 1040. The molecule has 1 aromatic heterocycles. The Balaban J connectivity index is 2.13. The highest BCUT2D eigenvalue weighted by molar-refractivity contribution is 7.89. The fourth-order valence-electron chi connectivity index (χ4n) is 2.38. The summed E-state index contributed by atoms with van der Waals surface area (Å²) in [5, 5.41) is 2.57. The van der Waals surface area contributed by atoms with E-state index in [4.69, 9.17) is 0 Å². The van der Waals surface area contributed by atoms with E-state index < -0.39 is 32.6 Å². The van der Waals surface area contributed by atoms with Gasteiger partial charge in [0.25, 0.3) is 5.91 Å². The number of aromatic nitrogens is 1. The summed E-state index contributed by atoms with van der Waals surface area (Å²) in [6.07, 6.45) is 2.85. The number of pyridine rings is 1. The first kappa shape index (κ1) is 22.2. The third-order valence-electron chi connectivity index (χ3n) is 3.80. The summed E-state index contributed by atoms with van der Waals surface area (Å²) in [6.45, 7) is 4.84. The number of halogens is 1. The molecule has 0 aliphatic carbocycles. The van der Waals surface area contributed by atoms with Crippen molar-refractivity contribution >= 4 is 27.7 Å². The van der Waals surface area contributed by atoms with Crippen LogP contribution < -0.4 is 10.0 Å². The van der Waals surface area contributed by atoms with Gasteiger partial charge >= 0.3 is 0 Å². The van der Waals surface area contributed by atoms with Gasteiger partial charge in [0.1, 0.15) is 16.5 Å². The van der Waals surface area contributed by atoms with E-state index in [1.807, 2.05) is 6.92 Å². The lowest BCUT2D eigenvalue weighted by Gasteiger charge is -2.17. The second-order valence-corrected chi connectivity index (χ2v) is 7.95. The number of likely N-dealkylation sites (N-methyl/N-ethyl adjacent to an activating group) is 1. The van der Waals surface area contributed by atoms with E-state index in [2.05, 4.69) is 21.6 Å². The highest BCUT2D eigenvalue weighted by atomic mass is 32.2. The summed E-state index contributed by atoms with van der Waals surface area (Å²) in [7, 11) is -2.78. The molecule has 1 aromatic carbocycles. The Labute approximate surface area is 168 Å². The largest absolute Gasteiger partial charge is 0.332 e. The Morgan fingerprint density at radius 1 is 1.28 bits per heavy atom. The fraction of sp³-hybridized carbons (Fsp3) is 0.211. The van der Waals surface area contributed by atoms with Crippen LogP contribution in [0.4, 0.5) is 10.2 Å². The SMILES string of the molecule is C=CCNS(=O)(=O)c1cc(C(=O)N(C)CC(=O)Nc2cc(C)ccn2)ccc1F. The monoisotopic (exact) mass is 420 g/mol. The smallest absolute Gasteiger partial charge is 0.254 e. The number of benzene rings is 1. The molecule has 2 amide bonds. The molecule has 8 nitrogen and oxygen atoms in total. The van der Waals surface area contributed by atoms with Crippen LogP contribution in [0.2, 0.25) is 0 Å². The molecule has 2 aromatic rings. The summed E-state index contributed by atoms with van der Waals surface area (Å²) in [5.74, 6) is -1.78. The van der Waals surface area contributed by atoms with E-state index in [-0.39, 0.29) is 18.7 Å². The maximum absolute atomic E-state index is 14.0.